The number of anilines is 1. The maximum Gasteiger partial charge on any atom is 0.222 e. The van der Waals surface area contributed by atoms with E-state index in [9.17, 15) is 4.79 Å². The molecule has 1 aromatic carbocycles. The molecule has 1 rings (SSSR count). The van der Waals surface area contributed by atoms with Crippen LogP contribution in [0.3, 0.4) is 0 Å². The van der Waals surface area contributed by atoms with Crippen molar-refractivity contribution >= 4 is 11.6 Å². The zero-order valence-electron chi connectivity index (χ0n) is 10.8. The molecule has 0 aliphatic heterocycles. The summed E-state index contributed by atoms with van der Waals surface area (Å²) < 4.78 is 5.07. The van der Waals surface area contributed by atoms with Crippen LogP contribution in [0.15, 0.2) is 18.2 Å². The summed E-state index contributed by atoms with van der Waals surface area (Å²) in [6, 6.07) is 5.51. The molecule has 0 unspecified atom stereocenters. The fourth-order valence-corrected chi connectivity index (χ4v) is 1.66. The van der Waals surface area contributed by atoms with Crippen LogP contribution in [0.4, 0.5) is 5.69 Å². The lowest BCUT2D eigenvalue weighted by molar-refractivity contribution is -0.130. The monoisotopic (exact) mass is 252 g/mol. The van der Waals surface area contributed by atoms with Crippen molar-refractivity contribution in [2.45, 2.75) is 12.8 Å². The number of nitrogen functional groups attached to an aromatic ring is 1. The Balaban J connectivity index is 2.53. The number of carbonyl (C=O) groups is 1. The van der Waals surface area contributed by atoms with Crippen molar-refractivity contribution in [3.8, 4) is 5.75 Å². The average Bonchev–Trinajstić information content (AvgIpc) is 2.36. The van der Waals surface area contributed by atoms with Gasteiger partial charge in [-0.05, 0) is 24.1 Å². The summed E-state index contributed by atoms with van der Waals surface area (Å²) in [5.74, 6) is 0.654. The van der Waals surface area contributed by atoms with E-state index in [1.54, 1.807) is 20.2 Å². The van der Waals surface area contributed by atoms with Crippen molar-refractivity contribution in [1.82, 2.24) is 4.90 Å². The van der Waals surface area contributed by atoms with Gasteiger partial charge in [-0.15, -0.1) is 0 Å². The standard InChI is InChI=1S/C13H20N2O3/c1-15(7-8-16)13(17)6-4-10-3-5-12(18-2)11(14)9-10/h3,5,9,16H,4,6-8,14H2,1-2H3. The quantitative estimate of drug-likeness (QED) is 0.729. The van der Waals surface area contributed by atoms with Crippen molar-refractivity contribution in [3.05, 3.63) is 23.8 Å². The van der Waals surface area contributed by atoms with Gasteiger partial charge in [0.05, 0.1) is 19.4 Å². The van der Waals surface area contributed by atoms with Gasteiger partial charge in [0.25, 0.3) is 0 Å². The smallest absolute Gasteiger partial charge is 0.222 e. The summed E-state index contributed by atoms with van der Waals surface area (Å²) in [4.78, 5) is 13.2. The van der Waals surface area contributed by atoms with E-state index in [1.165, 1.54) is 4.90 Å². The molecule has 1 aromatic rings. The molecule has 5 nitrogen and oxygen atoms in total. The maximum atomic E-state index is 11.7. The number of hydrogen-bond acceptors (Lipinski definition) is 4. The normalized spacial score (nSPS) is 10.2. The van der Waals surface area contributed by atoms with Gasteiger partial charge in [-0.2, -0.15) is 0 Å². The molecule has 0 spiro atoms. The Hall–Kier alpha value is -1.75. The van der Waals surface area contributed by atoms with Crippen molar-refractivity contribution in [1.29, 1.82) is 0 Å². The average molecular weight is 252 g/mol. The number of aryl methyl sites for hydroxylation is 1. The van der Waals surface area contributed by atoms with E-state index < -0.39 is 0 Å². The van der Waals surface area contributed by atoms with Crippen LogP contribution in [-0.4, -0.2) is 43.2 Å². The molecule has 0 aliphatic carbocycles. The first kappa shape index (κ1) is 14.3. The van der Waals surface area contributed by atoms with Gasteiger partial charge in [-0.25, -0.2) is 0 Å². The number of aliphatic hydroxyl groups is 1. The van der Waals surface area contributed by atoms with E-state index in [-0.39, 0.29) is 12.5 Å². The predicted octanol–water partition coefficient (Wildman–Crippen LogP) is 0.661. The summed E-state index contributed by atoms with van der Waals surface area (Å²) in [5, 5.41) is 8.74. The zero-order chi connectivity index (χ0) is 13.5. The minimum atomic E-state index is -0.0161. The third-order valence-corrected chi connectivity index (χ3v) is 2.78. The van der Waals surface area contributed by atoms with Crippen LogP contribution in [0.25, 0.3) is 0 Å². The topological polar surface area (TPSA) is 75.8 Å². The van der Waals surface area contributed by atoms with Crippen LogP contribution in [-0.2, 0) is 11.2 Å². The first-order valence-corrected chi connectivity index (χ1v) is 5.85. The van der Waals surface area contributed by atoms with Crippen molar-refractivity contribution < 1.29 is 14.6 Å². The van der Waals surface area contributed by atoms with Crippen LogP contribution in [0, 0.1) is 0 Å². The molecule has 100 valence electrons. The number of hydrogen-bond donors (Lipinski definition) is 2. The minimum Gasteiger partial charge on any atom is -0.495 e. The molecular formula is C13H20N2O3. The number of rotatable bonds is 6. The van der Waals surface area contributed by atoms with Gasteiger partial charge >= 0.3 is 0 Å². The van der Waals surface area contributed by atoms with Gasteiger partial charge in [0.1, 0.15) is 5.75 Å². The summed E-state index contributed by atoms with van der Waals surface area (Å²) in [6.45, 7) is 0.349. The van der Waals surface area contributed by atoms with E-state index >= 15 is 0 Å². The van der Waals surface area contributed by atoms with Gasteiger partial charge in [0.15, 0.2) is 0 Å². The SMILES string of the molecule is COc1ccc(CCC(=O)N(C)CCO)cc1N. The predicted molar refractivity (Wildman–Crippen MR) is 70.5 cm³/mol. The van der Waals surface area contributed by atoms with Gasteiger partial charge in [-0.3, -0.25) is 4.79 Å². The van der Waals surface area contributed by atoms with Gasteiger partial charge < -0.3 is 20.5 Å². The second kappa shape index (κ2) is 6.86. The Morgan fingerprint density at radius 3 is 2.78 bits per heavy atom. The summed E-state index contributed by atoms with van der Waals surface area (Å²) >= 11 is 0. The van der Waals surface area contributed by atoms with E-state index in [1.807, 2.05) is 12.1 Å². The molecule has 0 saturated heterocycles. The highest BCUT2D eigenvalue weighted by Crippen LogP contribution is 2.22. The Kier molecular flexibility index (Phi) is 5.45. The summed E-state index contributed by atoms with van der Waals surface area (Å²) in [6.07, 6.45) is 1.03. The van der Waals surface area contributed by atoms with E-state index in [2.05, 4.69) is 0 Å². The first-order chi connectivity index (χ1) is 8.58. The lowest BCUT2D eigenvalue weighted by atomic mass is 10.1. The lowest BCUT2D eigenvalue weighted by Crippen LogP contribution is -2.29. The first-order valence-electron chi connectivity index (χ1n) is 5.85. The van der Waals surface area contributed by atoms with Gasteiger partial charge in [-0.1, -0.05) is 6.07 Å². The van der Waals surface area contributed by atoms with Gasteiger partial charge in [0, 0.05) is 20.0 Å². The molecule has 1 amide bonds. The Morgan fingerprint density at radius 1 is 1.50 bits per heavy atom. The number of ether oxygens (including phenoxy) is 1. The molecule has 0 atom stereocenters. The van der Waals surface area contributed by atoms with Crippen molar-refractivity contribution in [3.63, 3.8) is 0 Å². The zero-order valence-corrected chi connectivity index (χ0v) is 10.8. The second-order valence-corrected chi connectivity index (χ2v) is 4.12. The number of benzene rings is 1. The molecule has 0 bridgehead atoms. The molecule has 0 radical (unpaired) electrons. The molecule has 18 heavy (non-hydrogen) atoms. The minimum absolute atomic E-state index is 0.0124. The van der Waals surface area contributed by atoms with Crippen LogP contribution in [0.1, 0.15) is 12.0 Å². The number of carbonyl (C=O) groups excluding carboxylic acids is 1. The van der Waals surface area contributed by atoms with Crippen LogP contribution in [0.5, 0.6) is 5.75 Å². The van der Waals surface area contributed by atoms with Crippen LogP contribution < -0.4 is 10.5 Å². The fraction of sp³-hybridized carbons (Fsp3) is 0.462. The fourth-order valence-electron chi connectivity index (χ4n) is 1.66. The van der Waals surface area contributed by atoms with E-state index in [0.717, 1.165) is 5.56 Å². The highest BCUT2D eigenvalue weighted by molar-refractivity contribution is 5.76. The Morgan fingerprint density at radius 2 is 2.22 bits per heavy atom. The van der Waals surface area contributed by atoms with E-state index in [4.69, 9.17) is 15.6 Å². The number of methoxy groups -OCH3 is 1. The van der Waals surface area contributed by atoms with Crippen LogP contribution >= 0.6 is 0 Å². The molecule has 0 fully saturated rings. The van der Waals surface area contributed by atoms with Crippen molar-refractivity contribution in [2.75, 3.05) is 33.0 Å². The number of nitrogens with two attached hydrogens (primary N) is 1. The molecule has 3 N–H and O–H groups in total. The highest BCUT2D eigenvalue weighted by atomic mass is 16.5. The second-order valence-electron chi connectivity index (χ2n) is 4.12. The summed E-state index contributed by atoms with van der Waals surface area (Å²) in [5.41, 5.74) is 7.37. The Labute approximate surface area is 107 Å². The third kappa shape index (κ3) is 3.92. The number of nitrogens with zero attached hydrogens (tertiary/aromatic N) is 1. The lowest BCUT2D eigenvalue weighted by Gasteiger charge is -2.15. The molecular weight excluding hydrogens is 232 g/mol. The number of aliphatic hydroxyl groups excluding tert-OH is 1. The molecule has 0 saturated carbocycles. The third-order valence-electron chi connectivity index (χ3n) is 2.78. The van der Waals surface area contributed by atoms with E-state index in [0.29, 0.717) is 30.8 Å². The van der Waals surface area contributed by atoms with Gasteiger partial charge in [0.2, 0.25) is 5.91 Å². The molecule has 5 heteroatoms. The van der Waals surface area contributed by atoms with Crippen LogP contribution in [0.2, 0.25) is 0 Å². The van der Waals surface area contributed by atoms with Crippen molar-refractivity contribution in [2.24, 2.45) is 0 Å². The maximum absolute atomic E-state index is 11.7. The molecule has 0 aromatic heterocycles. The Bertz CT molecular complexity index is 407. The number of amides is 1. The molecule has 0 heterocycles. The molecule has 0 aliphatic rings. The number of likely N-dealkylation sites (N-methyl/N-ethyl adjacent to an activating group) is 1. The largest absolute Gasteiger partial charge is 0.495 e. The highest BCUT2D eigenvalue weighted by Gasteiger charge is 2.08. The summed E-state index contributed by atoms with van der Waals surface area (Å²) in [7, 11) is 3.25.